The van der Waals surface area contributed by atoms with E-state index in [1.54, 1.807) is 0 Å². The van der Waals surface area contributed by atoms with E-state index in [1.165, 1.54) is 57.1 Å². The van der Waals surface area contributed by atoms with Crippen LogP contribution in [-0.2, 0) is 6.54 Å². The molecule has 0 amide bonds. The largest absolute Gasteiger partial charge is 0.330 e. The molecule has 2 saturated carbocycles. The quantitative estimate of drug-likeness (QED) is 0.810. The van der Waals surface area contributed by atoms with Gasteiger partial charge in [-0.3, -0.25) is 0 Å². The fourth-order valence-electron chi connectivity index (χ4n) is 2.87. The van der Waals surface area contributed by atoms with Crippen molar-refractivity contribution >= 4 is 0 Å². The highest BCUT2D eigenvalue weighted by Gasteiger charge is 2.22. The van der Waals surface area contributed by atoms with Crippen molar-refractivity contribution in [1.82, 2.24) is 14.9 Å². The van der Waals surface area contributed by atoms with Gasteiger partial charge in [0.1, 0.15) is 0 Å². The van der Waals surface area contributed by atoms with E-state index in [2.05, 4.69) is 14.9 Å². The average molecular weight is 233 g/mol. The molecule has 1 aromatic heterocycles. The second-order valence-electron chi connectivity index (χ2n) is 5.59. The van der Waals surface area contributed by atoms with E-state index in [9.17, 15) is 0 Å². The third-order valence-electron chi connectivity index (χ3n) is 4.11. The molecule has 1 N–H and O–H groups in total. The molecule has 94 valence electrons. The SMILES string of the molecule is c1ncn(C2CCCCCC2)c1CNC1CC1. The van der Waals surface area contributed by atoms with Crippen molar-refractivity contribution < 1.29 is 0 Å². The first kappa shape index (κ1) is 11.3. The van der Waals surface area contributed by atoms with Gasteiger partial charge in [0.2, 0.25) is 0 Å². The number of imidazole rings is 1. The molecule has 0 radical (unpaired) electrons. The van der Waals surface area contributed by atoms with Gasteiger partial charge in [0.25, 0.3) is 0 Å². The molecule has 1 heterocycles. The van der Waals surface area contributed by atoms with E-state index in [0.29, 0.717) is 6.04 Å². The highest BCUT2D eigenvalue weighted by Crippen LogP contribution is 2.28. The van der Waals surface area contributed by atoms with E-state index in [0.717, 1.165) is 12.6 Å². The zero-order valence-corrected chi connectivity index (χ0v) is 10.6. The van der Waals surface area contributed by atoms with Crippen LogP contribution in [0.3, 0.4) is 0 Å². The van der Waals surface area contributed by atoms with Crippen LogP contribution in [0.4, 0.5) is 0 Å². The fourth-order valence-corrected chi connectivity index (χ4v) is 2.87. The van der Waals surface area contributed by atoms with Crippen LogP contribution in [0, 0.1) is 0 Å². The highest BCUT2D eigenvalue weighted by atomic mass is 15.1. The van der Waals surface area contributed by atoms with Gasteiger partial charge in [-0.25, -0.2) is 4.98 Å². The molecule has 0 unspecified atom stereocenters. The van der Waals surface area contributed by atoms with Gasteiger partial charge in [-0.2, -0.15) is 0 Å². The lowest BCUT2D eigenvalue weighted by atomic mass is 10.1. The van der Waals surface area contributed by atoms with Crippen LogP contribution >= 0.6 is 0 Å². The molecule has 3 rings (SSSR count). The Morgan fingerprint density at radius 1 is 1.12 bits per heavy atom. The Hall–Kier alpha value is -0.830. The average Bonchev–Trinajstić information content (AvgIpc) is 3.11. The minimum Gasteiger partial charge on any atom is -0.330 e. The topological polar surface area (TPSA) is 29.9 Å². The van der Waals surface area contributed by atoms with Crippen LogP contribution in [0.25, 0.3) is 0 Å². The van der Waals surface area contributed by atoms with Crippen molar-refractivity contribution in [1.29, 1.82) is 0 Å². The van der Waals surface area contributed by atoms with Crippen LogP contribution in [0.1, 0.15) is 63.1 Å². The zero-order chi connectivity index (χ0) is 11.5. The van der Waals surface area contributed by atoms with Crippen LogP contribution in [0.2, 0.25) is 0 Å². The Morgan fingerprint density at radius 2 is 1.88 bits per heavy atom. The molecule has 0 aliphatic heterocycles. The number of aromatic nitrogens is 2. The fraction of sp³-hybridized carbons (Fsp3) is 0.786. The molecule has 0 aromatic carbocycles. The lowest BCUT2D eigenvalue weighted by Gasteiger charge is -2.19. The van der Waals surface area contributed by atoms with Crippen molar-refractivity contribution in [3.05, 3.63) is 18.2 Å². The molecule has 0 saturated heterocycles. The Labute approximate surface area is 104 Å². The smallest absolute Gasteiger partial charge is 0.0951 e. The Kier molecular flexibility index (Phi) is 3.46. The number of rotatable bonds is 4. The number of hydrogen-bond donors (Lipinski definition) is 1. The normalized spacial score (nSPS) is 22.6. The van der Waals surface area contributed by atoms with E-state index in [4.69, 9.17) is 0 Å². The molecular formula is C14H23N3. The third-order valence-corrected chi connectivity index (χ3v) is 4.11. The van der Waals surface area contributed by atoms with Gasteiger partial charge >= 0.3 is 0 Å². The minimum absolute atomic E-state index is 0.705. The molecule has 1 aromatic rings. The summed E-state index contributed by atoms with van der Waals surface area (Å²) >= 11 is 0. The standard InChI is InChI=1S/C14H23N3/c1-2-4-6-13(5-3-1)17-11-15-9-14(17)10-16-12-7-8-12/h9,11-13,16H,1-8,10H2. The van der Waals surface area contributed by atoms with E-state index in [-0.39, 0.29) is 0 Å². The van der Waals surface area contributed by atoms with Gasteiger partial charge < -0.3 is 9.88 Å². The molecule has 3 nitrogen and oxygen atoms in total. The Bertz CT molecular complexity index is 346. The molecule has 3 heteroatoms. The maximum absolute atomic E-state index is 4.35. The summed E-state index contributed by atoms with van der Waals surface area (Å²) in [7, 11) is 0. The van der Waals surface area contributed by atoms with Crippen molar-refractivity contribution in [3.63, 3.8) is 0 Å². The summed E-state index contributed by atoms with van der Waals surface area (Å²) < 4.78 is 2.43. The van der Waals surface area contributed by atoms with E-state index >= 15 is 0 Å². The van der Waals surface area contributed by atoms with Crippen LogP contribution < -0.4 is 5.32 Å². The van der Waals surface area contributed by atoms with Gasteiger partial charge in [-0.05, 0) is 25.7 Å². The monoisotopic (exact) mass is 233 g/mol. The number of hydrogen-bond acceptors (Lipinski definition) is 2. The lowest BCUT2D eigenvalue weighted by Crippen LogP contribution is -2.19. The maximum Gasteiger partial charge on any atom is 0.0951 e. The summed E-state index contributed by atoms with van der Waals surface area (Å²) in [4.78, 5) is 4.35. The van der Waals surface area contributed by atoms with E-state index in [1.807, 2.05) is 12.5 Å². The van der Waals surface area contributed by atoms with Crippen LogP contribution in [-0.4, -0.2) is 15.6 Å². The summed E-state index contributed by atoms with van der Waals surface area (Å²) in [6.07, 6.45) is 15.1. The third kappa shape index (κ3) is 2.89. The predicted molar refractivity (Wildman–Crippen MR) is 68.8 cm³/mol. The molecule has 2 fully saturated rings. The van der Waals surface area contributed by atoms with Gasteiger partial charge in [0.15, 0.2) is 0 Å². The summed E-state index contributed by atoms with van der Waals surface area (Å²) in [6, 6.07) is 1.49. The van der Waals surface area contributed by atoms with Crippen LogP contribution in [0.15, 0.2) is 12.5 Å². The first-order chi connectivity index (χ1) is 8.43. The second kappa shape index (κ2) is 5.21. The highest BCUT2D eigenvalue weighted by molar-refractivity contribution is 5.01. The summed E-state index contributed by atoms with van der Waals surface area (Å²) in [6.45, 7) is 1.00. The zero-order valence-electron chi connectivity index (χ0n) is 10.6. The Balaban J connectivity index is 1.65. The van der Waals surface area contributed by atoms with Crippen molar-refractivity contribution in [2.75, 3.05) is 0 Å². The summed E-state index contributed by atoms with van der Waals surface area (Å²) in [5.41, 5.74) is 1.38. The molecule has 2 aliphatic carbocycles. The summed E-state index contributed by atoms with van der Waals surface area (Å²) in [5, 5.41) is 3.59. The summed E-state index contributed by atoms with van der Waals surface area (Å²) in [5.74, 6) is 0. The molecule has 0 spiro atoms. The molecule has 0 atom stereocenters. The maximum atomic E-state index is 4.35. The minimum atomic E-state index is 0.705. The first-order valence-electron chi connectivity index (χ1n) is 7.17. The van der Waals surface area contributed by atoms with Crippen molar-refractivity contribution in [2.45, 2.75) is 70.0 Å². The molecule has 0 bridgehead atoms. The predicted octanol–water partition coefficient (Wildman–Crippen LogP) is 3.03. The van der Waals surface area contributed by atoms with Crippen molar-refractivity contribution in [3.8, 4) is 0 Å². The van der Waals surface area contributed by atoms with Gasteiger partial charge in [0, 0.05) is 24.8 Å². The number of nitrogens with zero attached hydrogens (tertiary/aromatic N) is 2. The van der Waals surface area contributed by atoms with Gasteiger partial charge in [-0.1, -0.05) is 25.7 Å². The molecular weight excluding hydrogens is 210 g/mol. The lowest BCUT2D eigenvalue weighted by molar-refractivity contribution is 0.426. The number of nitrogens with one attached hydrogen (secondary N) is 1. The Morgan fingerprint density at radius 3 is 2.59 bits per heavy atom. The second-order valence-corrected chi connectivity index (χ2v) is 5.59. The van der Waals surface area contributed by atoms with Crippen LogP contribution in [0.5, 0.6) is 0 Å². The molecule has 2 aliphatic rings. The van der Waals surface area contributed by atoms with Crippen molar-refractivity contribution in [2.24, 2.45) is 0 Å². The van der Waals surface area contributed by atoms with E-state index < -0.39 is 0 Å². The molecule has 17 heavy (non-hydrogen) atoms. The van der Waals surface area contributed by atoms with Gasteiger partial charge in [0.05, 0.1) is 12.0 Å². The first-order valence-corrected chi connectivity index (χ1v) is 7.17. The van der Waals surface area contributed by atoms with Gasteiger partial charge in [-0.15, -0.1) is 0 Å².